The first kappa shape index (κ1) is 59.8. The Bertz CT molecular complexity index is 2640. The van der Waals surface area contributed by atoms with Crippen LogP contribution in [-0.4, -0.2) is 133 Å². The monoisotopic (exact) mass is 1050 g/mol. The number of carbonyl (C=O) groups is 8. The third kappa shape index (κ3) is 19.9. The number of aromatic amines is 1. The van der Waals surface area contributed by atoms with E-state index in [1.54, 1.807) is 24.4 Å². The molecule has 0 aliphatic carbocycles. The van der Waals surface area contributed by atoms with Crippen molar-refractivity contribution in [3.63, 3.8) is 0 Å². The zero-order valence-corrected chi connectivity index (χ0v) is 42.6. The Labute approximate surface area is 440 Å². The number of nitrogens with two attached hydrogens (primary N) is 6. The maximum Gasteiger partial charge on any atom is 0.243 e. The minimum absolute atomic E-state index is 0.0208. The van der Waals surface area contributed by atoms with Crippen LogP contribution in [0, 0.1) is 11.3 Å². The molecule has 8 amide bonds. The van der Waals surface area contributed by atoms with E-state index < -0.39 is 89.6 Å². The summed E-state index contributed by atoms with van der Waals surface area (Å²) in [4.78, 5) is 123. The van der Waals surface area contributed by atoms with Crippen LogP contribution in [0.4, 0.5) is 0 Å². The third-order valence-corrected chi connectivity index (χ3v) is 12.2. The van der Waals surface area contributed by atoms with E-state index in [1.165, 1.54) is 13.0 Å². The highest BCUT2D eigenvalue weighted by molar-refractivity contribution is 5.97. The molecule has 1 aromatic heterocycles. The Morgan fingerprint density at radius 2 is 1.39 bits per heavy atom. The molecule has 4 rings (SSSR count). The van der Waals surface area contributed by atoms with Gasteiger partial charge in [-0.3, -0.25) is 48.3 Å². The molecule has 410 valence electrons. The van der Waals surface area contributed by atoms with Gasteiger partial charge in [0.1, 0.15) is 36.3 Å². The molecule has 2 aromatic carbocycles. The number of hydrogen-bond acceptors (Lipinski definition) is 13. The lowest BCUT2D eigenvalue weighted by Crippen LogP contribution is -2.60. The van der Waals surface area contributed by atoms with Gasteiger partial charge in [0.15, 0.2) is 11.9 Å². The van der Waals surface area contributed by atoms with Crippen LogP contribution in [0.3, 0.4) is 0 Å². The number of hydrogen-bond donors (Lipinski definition) is 15. The van der Waals surface area contributed by atoms with Gasteiger partial charge >= 0.3 is 0 Å². The summed E-state index contributed by atoms with van der Waals surface area (Å²) in [7, 11) is 0. The first-order chi connectivity index (χ1) is 36.3. The fourth-order valence-corrected chi connectivity index (χ4v) is 8.32. The zero-order valence-electron chi connectivity index (χ0n) is 42.6. The Morgan fingerprint density at radius 3 is 2.05 bits per heavy atom. The van der Waals surface area contributed by atoms with Crippen molar-refractivity contribution in [2.24, 2.45) is 44.4 Å². The lowest BCUT2D eigenvalue weighted by Gasteiger charge is -2.28. The average Bonchev–Trinajstić information content (AvgIpc) is 3.78. The number of para-hydroxylation sites is 1. The Balaban J connectivity index is 1.78. The number of carbonyl (C=O) groups excluding carboxylic acids is 8. The highest BCUT2D eigenvalue weighted by Gasteiger charge is 2.34. The van der Waals surface area contributed by atoms with Gasteiger partial charge in [0, 0.05) is 68.6 Å². The molecule has 26 heteroatoms. The maximum atomic E-state index is 14.7. The van der Waals surface area contributed by atoms with Crippen LogP contribution < -0.4 is 76.9 Å². The van der Waals surface area contributed by atoms with E-state index in [2.05, 4.69) is 64.1 Å². The van der Waals surface area contributed by atoms with Crippen molar-refractivity contribution in [1.82, 2.24) is 47.5 Å². The molecule has 76 heavy (non-hydrogen) atoms. The van der Waals surface area contributed by atoms with E-state index in [9.17, 15) is 43.6 Å². The summed E-state index contributed by atoms with van der Waals surface area (Å²) in [5.74, 6) is -6.34. The van der Waals surface area contributed by atoms with E-state index in [0.717, 1.165) is 10.9 Å². The van der Waals surface area contributed by atoms with Crippen molar-refractivity contribution in [2.75, 3.05) is 26.2 Å². The van der Waals surface area contributed by atoms with Gasteiger partial charge in [-0.1, -0.05) is 36.9 Å². The van der Waals surface area contributed by atoms with E-state index in [4.69, 9.17) is 34.4 Å². The first-order valence-electron chi connectivity index (χ1n) is 24.9. The second kappa shape index (κ2) is 30.5. The number of aliphatic imine (C=N–C) groups is 2. The van der Waals surface area contributed by atoms with Crippen LogP contribution in [0.1, 0.15) is 81.4 Å². The number of nitrogens with zero attached hydrogens (tertiary/aromatic N) is 3. The summed E-state index contributed by atoms with van der Waals surface area (Å²) in [5.41, 5.74) is 36.5. The Morgan fingerprint density at radius 1 is 0.776 bits per heavy atom. The highest BCUT2D eigenvalue weighted by Crippen LogP contribution is 2.20. The molecule has 7 atom stereocenters. The van der Waals surface area contributed by atoms with Crippen molar-refractivity contribution in [3.05, 3.63) is 83.7 Å². The first-order valence-corrected chi connectivity index (χ1v) is 24.9. The van der Waals surface area contributed by atoms with E-state index in [-0.39, 0.29) is 120 Å². The summed E-state index contributed by atoms with van der Waals surface area (Å²) in [6.07, 6.45) is 1.56. The van der Waals surface area contributed by atoms with Gasteiger partial charge in [0.2, 0.25) is 47.3 Å². The molecule has 0 saturated carbocycles. The van der Waals surface area contributed by atoms with Gasteiger partial charge in [-0.15, -0.1) is 0 Å². The molecule has 3 aromatic rings. The Hall–Kier alpha value is -8.73. The molecule has 26 nitrogen and oxygen atoms in total. The number of nitriles is 1. The van der Waals surface area contributed by atoms with Gasteiger partial charge < -0.3 is 81.9 Å². The van der Waals surface area contributed by atoms with Gasteiger partial charge in [0.05, 0.1) is 17.7 Å². The van der Waals surface area contributed by atoms with Crippen molar-refractivity contribution in [3.8, 4) is 6.07 Å². The maximum absolute atomic E-state index is 14.7. The molecule has 1 aliphatic heterocycles. The van der Waals surface area contributed by atoms with Gasteiger partial charge in [-0.2, -0.15) is 5.26 Å². The molecule has 1 saturated heterocycles. The molecule has 0 unspecified atom stereocenters. The molecule has 1 fully saturated rings. The number of fused-ring (bicyclic) bond motifs is 1. The van der Waals surface area contributed by atoms with Crippen LogP contribution in [-0.2, 0) is 51.2 Å². The number of rotatable bonds is 18. The van der Waals surface area contributed by atoms with Crippen molar-refractivity contribution in [1.29, 1.82) is 5.26 Å². The van der Waals surface area contributed by atoms with Gasteiger partial charge in [-0.25, -0.2) is 0 Å². The lowest BCUT2D eigenvalue weighted by atomic mass is 10.0. The summed E-state index contributed by atoms with van der Waals surface area (Å²) in [5, 5.41) is 32.2. The molecular formula is C50H72N18O8. The number of H-pyrrole nitrogens is 1. The fourth-order valence-electron chi connectivity index (χ4n) is 8.32. The van der Waals surface area contributed by atoms with Crippen LogP contribution in [0.15, 0.2) is 77.0 Å². The van der Waals surface area contributed by atoms with Crippen LogP contribution >= 0.6 is 0 Å². The minimum atomic E-state index is -1.48. The number of amides is 8. The average molecular weight is 1050 g/mol. The van der Waals surface area contributed by atoms with Gasteiger partial charge in [0.25, 0.3) is 0 Å². The summed E-state index contributed by atoms with van der Waals surface area (Å²) >= 11 is 0. The standard InChI is InChI=1S/C50H72N18O8/c1-28(53)34-13-6-20-58-42(70)17-16-38(65-43(71)36(62-29(2)69)14-7-21-59-49(54)55)45(73)66-39(18-19-51)46(74)67-40(24-30-9-5-10-31(23-30)26-52)47(75)64-37(15-8-22-60-50(56)57)44(72)68-41(48(76)63-34)25-32-27-61-35-12-4-3-11-33(32)35/h3-5,9-12,23,27,34,36-41,61H,1,6-8,13-22,24-25,51,53H2,2H3,(H,58,70)(H,62,69)(H,63,76)(H,64,75)(H,65,71)(H,66,73)(H,67,74)(H,68,72)(H4,54,55,59)(H4,56,57,60)/t34-,36-,37-,38-,39-,40+,41-/m0/s1. The summed E-state index contributed by atoms with van der Waals surface area (Å²) in [6.45, 7) is 5.18. The normalized spacial score (nSPS) is 20.9. The van der Waals surface area contributed by atoms with Gasteiger partial charge in [-0.05, 0) is 87.2 Å². The summed E-state index contributed by atoms with van der Waals surface area (Å²) < 4.78 is 0. The predicted molar refractivity (Wildman–Crippen MR) is 284 cm³/mol. The topological polar surface area (TPSA) is 453 Å². The smallest absolute Gasteiger partial charge is 0.243 e. The molecule has 0 bridgehead atoms. The molecule has 1 aliphatic rings. The SMILES string of the molecule is C=C(N)[C@@H]1CCCNC(=O)CC[C@H](NC(=O)[C@H](CCCN=C(N)N)NC(C)=O)C(=O)N[C@@H](CCN)C(=O)N[C@H](Cc2cccc(C#N)c2)C(=O)N[C@@H](CCCN=C(N)N)C(=O)N[C@@H](Cc2c[nH]c3ccccc23)C(=O)N1. The second-order valence-electron chi connectivity index (χ2n) is 18.3. The van der Waals surface area contributed by atoms with E-state index >= 15 is 0 Å². The third-order valence-electron chi connectivity index (χ3n) is 12.2. The molecule has 0 spiro atoms. The van der Waals surface area contributed by atoms with Crippen molar-refractivity contribution >= 4 is 70.1 Å². The zero-order chi connectivity index (χ0) is 55.7. The second-order valence-corrected chi connectivity index (χ2v) is 18.3. The molecule has 0 radical (unpaired) electrons. The van der Waals surface area contributed by atoms with Crippen molar-refractivity contribution < 1.29 is 38.4 Å². The van der Waals surface area contributed by atoms with Crippen LogP contribution in [0.5, 0.6) is 0 Å². The summed E-state index contributed by atoms with van der Waals surface area (Å²) in [6, 6.07) is 6.66. The molecule has 2 heterocycles. The molecule has 21 N–H and O–H groups in total. The molecular weight excluding hydrogens is 981 g/mol. The number of guanidine groups is 2. The highest BCUT2D eigenvalue weighted by atomic mass is 16.2. The van der Waals surface area contributed by atoms with E-state index in [1.807, 2.05) is 30.3 Å². The number of benzene rings is 2. The quantitative estimate of drug-likeness (QED) is 0.0340. The van der Waals surface area contributed by atoms with Crippen LogP contribution in [0.2, 0.25) is 0 Å². The van der Waals surface area contributed by atoms with Crippen molar-refractivity contribution in [2.45, 2.75) is 120 Å². The number of nitrogens with one attached hydrogen (secondary N) is 9. The Kier molecular flexibility index (Phi) is 24.0. The largest absolute Gasteiger partial charge is 0.401 e. The lowest BCUT2D eigenvalue weighted by molar-refractivity contribution is -0.135. The minimum Gasteiger partial charge on any atom is -0.401 e. The fraction of sp³-hybridized carbons (Fsp3) is 0.460. The number of aromatic nitrogens is 1. The van der Waals surface area contributed by atoms with E-state index in [0.29, 0.717) is 11.1 Å². The predicted octanol–water partition coefficient (Wildman–Crippen LogP) is -3.14. The van der Waals surface area contributed by atoms with Crippen LogP contribution in [0.25, 0.3) is 10.9 Å².